The highest BCUT2D eigenvalue weighted by molar-refractivity contribution is 5.90. The molecule has 0 spiro atoms. The molecule has 7 heteroatoms. The number of hydrogen-bond acceptors (Lipinski definition) is 5. The molecule has 7 nitrogen and oxygen atoms in total. The predicted molar refractivity (Wildman–Crippen MR) is 124 cm³/mol. The van der Waals surface area contributed by atoms with E-state index in [2.05, 4.69) is 5.10 Å². The topological polar surface area (TPSA) is 73.7 Å². The van der Waals surface area contributed by atoms with Gasteiger partial charge in [0.2, 0.25) is 0 Å². The first kappa shape index (κ1) is 22.6. The van der Waals surface area contributed by atoms with Gasteiger partial charge in [-0.25, -0.2) is 14.3 Å². The number of amides is 1. The van der Waals surface area contributed by atoms with E-state index in [9.17, 15) is 9.59 Å². The van der Waals surface area contributed by atoms with Gasteiger partial charge in [0.25, 0.3) is 0 Å². The second-order valence-corrected chi connectivity index (χ2v) is 8.47. The quantitative estimate of drug-likeness (QED) is 0.479. The van der Waals surface area contributed by atoms with Gasteiger partial charge >= 0.3 is 12.1 Å². The molecule has 172 valence electrons. The van der Waals surface area contributed by atoms with Gasteiger partial charge in [-0.2, -0.15) is 5.10 Å². The Labute approximate surface area is 193 Å². The molecule has 3 aromatic rings. The average molecular weight is 448 g/mol. The van der Waals surface area contributed by atoms with E-state index >= 15 is 0 Å². The van der Waals surface area contributed by atoms with Crippen LogP contribution in [0, 0.1) is 0 Å². The number of hydrogen-bond donors (Lipinski definition) is 0. The molecule has 0 radical (unpaired) electrons. The van der Waals surface area contributed by atoms with Crippen LogP contribution in [0.1, 0.15) is 54.2 Å². The second kappa shape index (κ2) is 10.3. The molecule has 2 heterocycles. The van der Waals surface area contributed by atoms with Crippen LogP contribution in [-0.2, 0) is 16.1 Å². The molecule has 33 heavy (non-hydrogen) atoms. The number of carbonyl (C=O) groups excluding carboxylic acids is 2. The Bertz CT molecular complexity index is 1080. The first-order valence-corrected chi connectivity index (χ1v) is 11.3. The van der Waals surface area contributed by atoms with Gasteiger partial charge < -0.3 is 14.4 Å². The summed E-state index contributed by atoms with van der Waals surface area (Å²) in [6, 6.07) is 19.1. The summed E-state index contributed by atoms with van der Waals surface area (Å²) in [7, 11) is 0. The SMILES string of the molecule is CC(C)c1c(C(=O)OCC2CCCN2C(=O)OCc2ccccc2)cnn1-c1ccccc1. The summed E-state index contributed by atoms with van der Waals surface area (Å²) in [5.74, 6) is -0.350. The molecule has 1 aromatic heterocycles. The Morgan fingerprint density at radius 2 is 1.73 bits per heavy atom. The van der Waals surface area contributed by atoms with Crippen molar-refractivity contribution < 1.29 is 19.1 Å². The van der Waals surface area contributed by atoms with Gasteiger partial charge in [0, 0.05) is 6.54 Å². The predicted octanol–water partition coefficient (Wildman–Crippen LogP) is 4.95. The minimum atomic E-state index is -0.426. The van der Waals surface area contributed by atoms with Crippen LogP contribution in [0.15, 0.2) is 66.9 Å². The van der Waals surface area contributed by atoms with Crippen LogP contribution in [0.5, 0.6) is 0 Å². The smallest absolute Gasteiger partial charge is 0.410 e. The molecule has 1 aliphatic heterocycles. The largest absolute Gasteiger partial charge is 0.460 e. The zero-order chi connectivity index (χ0) is 23.2. The van der Waals surface area contributed by atoms with Crippen LogP contribution in [0.4, 0.5) is 4.79 Å². The lowest BCUT2D eigenvalue weighted by molar-refractivity contribution is 0.0356. The summed E-state index contributed by atoms with van der Waals surface area (Å²) in [6.45, 7) is 4.99. The average Bonchev–Trinajstić information content (AvgIpc) is 3.50. The first-order valence-electron chi connectivity index (χ1n) is 11.3. The lowest BCUT2D eigenvalue weighted by Gasteiger charge is -2.24. The summed E-state index contributed by atoms with van der Waals surface area (Å²) in [4.78, 5) is 27.2. The molecule has 1 aliphatic rings. The van der Waals surface area contributed by atoms with Crippen LogP contribution >= 0.6 is 0 Å². The highest BCUT2D eigenvalue weighted by atomic mass is 16.6. The van der Waals surface area contributed by atoms with Crippen LogP contribution in [0.3, 0.4) is 0 Å². The van der Waals surface area contributed by atoms with Crippen molar-refractivity contribution in [2.45, 2.75) is 45.3 Å². The molecule has 0 aliphatic carbocycles. The molecule has 4 rings (SSSR count). The molecule has 0 bridgehead atoms. The number of likely N-dealkylation sites (tertiary alicyclic amines) is 1. The van der Waals surface area contributed by atoms with Crippen molar-refractivity contribution >= 4 is 12.1 Å². The maximum Gasteiger partial charge on any atom is 0.410 e. The lowest BCUT2D eigenvalue weighted by Crippen LogP contribution is -2.39. The highest BCUT2D eigenvalue weighted by Crippen LogP contribution is 2.25. The third-order valence-corrected chi connectivity index (χ3v) is 5.80. The van der Waals surface area contributed by atoms with Crippen LogP contribution in [-0.4, -0.2) is 45.9 Å². The number of benzene rings is 2. The van der Waals surface area contributed by atoms with Crippen molar-refractivity contribution in [1.82, 2.24) is 14.7 Å². The van der Waals surface area contributed by atoms with Gasteiger partial charge in [-0.05, 0) is 36.5 Å². The third kappa shape index (κ3) is 5.25. The Hall–Kier alpha value is -3.61. The van der Waals surface area contributed by atoms with E-state index in [1.54, 1.807) is 15.8 Å². The van der Waals surface area contributed by atoms with E-state index in [1.807, 2.05) is 74.5 Å². The van der Waals surface area contributed by atoms with E-state index in [0.29, 0.717) is 12.1 Å². The molecule has 1 amide bonds. The van der Waals surface area contributed by atoms with Crippen LogP contribution < -0.4 is 0 Å². The fourth-order valence-electron chi connectivity index (χ4n) is 4.15. The van der Waals surface area contributed by atoms with E-state index in [1.165, 1.54) is 0 Å². The zero-order valence-electron chi connectivity index (χ0n) is 19.0. The third-order valence-electron chi connectivity index (χ3n) is 5.80. The van der Waals surface area contributed by atoms with Crippen molar-refractivity contribution in [2.75, 3.05) is 13.2 Å². The maximum atomic E-state index is 12.9. The van der Waals surface area contributed by atoms with Gasteiger partial charge in [0.15, 0.2) is 0 Å². The lowest BCUT2D eigenvalue weighted by atomic mass is 10.1. The van der Waals surface area contributed by atoms with Gasteiger partial charge in [-0.15, -0.1) is 0 Å². The molecule has 1 fully saturated rings. The summed E-state index contributed by atoms with van der Waals surface area (Å²) in [6.07, 6.45) is 2.81. The minimum Gasteiger partial charge on any atom is -0.460 e. The standard InChI is InChI=1S/C26H29N3O4/c1-19(2)24-23(16-27-29(24)21-12-7-4-8-13-21)25(30)32-18-22-14-9-15-28(22)26(31)33-17-20-10-5-3-6-11-20/h3-8,10-13,16,19,22H,9,14-15,17-18H2,1-2H3. The number of aromatic nitrogens is 2. The van der Waals surface area contributed by atoms with Crippen molar-refractivity contribution in [3.05, 3.63) is 83.7 Å². The van der Waals surface area contributed by atoms with Gasteiger partial charge in [0.05, 0.1) is 23.6 Å². The van der Waals surface area contributed by atoms with E-state index in [4.69, 9.17) is 9.47 Å². The molecule has 1 saturated heterocycles. The van der Waals surface area contributed by atoms with Crippen LogP contribution in [0.25, 0.3) is 5.69 Å². The molecule has 0 N–H and O–H groups in total. The molecular formula is C26H29N3O4. The number of rotatable bonds is 7. The van der Waals surface area contributed by atoms with Crippen molar-refractivity contribution in [2.24, 2.45) is 0 Å². The van der Waals surface area contributed by atoms with Crippen molar-refractivity contribution in [3.63, 3.8) is 0 Å². The Balaban J connectivity index is 1.39. The Morgan fingerprint density at radius 3 is 2.42 bits per heavy atom. The van der Waals surface area contributed by atoms with Gasteiger partial charge in [0.1, 0.15) is 18.8 Å². The number of ether oxygens (including phenoxy) is 2. The molecule has 2 aromatic carbocycles. The van der Waals surface area contributed by atoms with Crippen molar-refractivity contribution in [3.8, 4) is 5.69 Å². The maximum absolute atomic E-state index is 12.9. The highest BCUT2D eigenvalue weighted by Gasteiger charge is 2.32. The summed E-state index contributed by atoms with van der Waals surface area (Å²) >= 11 is 0. The van der Waals surface area contributed by atoms with E-state index < -0.39 is 5.97 Å². The van der Waals surface area contributed by atoms with Gasteiger partial charge in [-0.3, -0.25) is 0 Å². The first-order chi connectivity index (χ1) is 16.0. The minimum absolute atomic E-state index is 0.0752. The fourth-order valence-corrected chi connectivity index (χ4v) is 4.15. The van der Waals surface area contributed by atoms with Crippen molar-refractivity contribution in [1.29, 1.82) is 0 Å². The van der Waals surface area contributed by atoms with E-state index in [0.717, 1.165) is 29.8 Å². The van der Waals surface area contributed by atoms with Gasteiger partial charge in [-0.1, -0.05) is 62.4 Å². The molecular weight excluding hydrogens is 418 g/mol. The fraction of sp³-hybridized carbons (Fsp3) is 0.346. The number of carbonyl (C=O) groups is 2. The number of para-hydroxylation sites is 1. The molecule has 1 unspecified atom stereocenters. The molecule has 0 saturated carbocycles. The summed E-state index contributed by atoms with van der Waals surface area (Å²) < 4.78 is 12.9. The number of nitrogens with zero attached hydrogens (tertiary/aromatic N) is 3. The Kier molecular flexibility index (Phi) is 7.07. The Morgan fingerprint density at radius 1 is 1.03 bits per heavy atom. The van der Waals surface area contributed by atoms with Crippen LogP contribution in [0.2, 0.25) is 0 Å². The van der Waals surface area contributed by atoms with E-state index in [-0.39, 0.29) is 31.3 Å². The summed E-state index contributed by atoms with van der Waals surface area (Å²) in [5, 5.41) is 4.44. The normalized spacial score (nSPS) is 15.6. The zero-order valence-corrected chi connectivity index (χ0v) is 19.0. The second-order valence-electron chi connectivity index (χ2n) is 8.47. The summed E-state index contributed by atoms with van der Waals surface area (Å²) in [5.41, 5.74) is 3.08. The monoisotopic (exact) mass is 447 g/mol. The molecule has 1 atom stereocenters. The number of esters is 1.